The van der Waals surface area contributed by atoms with E-state index < -0.39 is 37.4 Å². The summed E-state index contributed by atoms with van der Waals surface area (Å²) in [5.41, 5.74) is 6.17. The average molecular weight is 640 g/mol. The molecule has 0 amide bonds. The molecule has 0 spiro atoms. The van der Waals surface area contributed by atoms with Crippen LogP contribution in [0.3, 0.4) is 0 Å². The van der Waals surface area contributed by atoms with Gasteiger partial charge < -0.3 is 0 Å². The summed E-state index contributed by atoms with van der Waals surface area (Å²) >= 11 is 0. The van der Waals surface area contributed by atoms with E-state index in [1.807, 2.05) is 72.8 Å². The number of rotatable bonds is 6. The molecular formula is C47H34N2. The summed E-state index contributed by atoms with van der Waals surface area (Å²) in [6, 6.07) is 34.9. The van der Waals surface area contributed by atoms with Gasteiger partial charge in [-0.2, -0.15) is 0 Å². The number of aryl methyl sites for hydroxylation is 1. The normalized spacial score (nSPS) is 15.8. The van der Waals surface area contributed by atoms with Crippen molar-refractivity contribution in [2.24, 2.45) is 0 Å². The molecule has 0 unspecified atom stereocenters. The maximum absolute atomic E-state index is 9.30. The Morgan fingerprint density at radius 1 is 0.531 bits per heavy atom. The van der Waals surface area contributed by atoms with Crippen LogP contribution in [0.4, 0.5) is 0 Å². The number of benzene rings is 8. The van der Waals surface area contributed by atoms with Gasteiger partial charge in [0.2, 0.25) is 0 Å². The third kappa shape index (κ3) is 5.01. The minimum Gasteiger partial charge on any atom is -0.296 e. The SMILES string of the molecule is [2H]c1c([2H])c([2H])c2c(-c3cccc(-c4ccccc4)c3)c3c([2H])c([2H])c([2H])c([2H])c3c(-c3ccc(-c4ccc(-n5c(C([2H])([2H])C([2H])([2H])[2H])nc6ccccc65)cc4)cc3)c2c1[2H]. The third-order valence-corrected chi connectivity index (χ3v) is 8.94. The molecule has 0 aliphatic heterocycles. The van der Waals surface area contributed by atoms with Gasteiger partial charge in [-0.25, -0.2) is 4.98 Å². The molecular weight excluding hydrogens is 593 g/mol. The number of para-hydroxylation sites is 2. The summed E-state index contributed by atoms with van der Waals surface area (Å²) in [6.45, 7) is -2.98. The second kappa shape index (κ2) is 12.1. The highest BCUT2D eigenvalue weighted by atomic mass is 15.1. The molecule has 49 heavy (non-hydrogen) atoms. The Hall–Kier alpha value is -6.25. The van der Waals surface area contributed by atoms with Crippen molar-refractivity contribution in [1.29, 1.82) is 0 Å². The van der Waals surface area contributed by atoms with E-state index in [9.17, 15) is 5.48 Å². The smallest absolute Gasteiger partial charge is 0.114 e. The number of nitrogens with zero attached hydrogens (tertiary/aromatic N) is 2. The van der Waals surface area contributed by atoms with Crippen molar-refractivity contribution in [3.63, 3.8) is 0 Å². The molecule has 0 bridgehead atoms. The first-order valence-electron chi connectivity index (χ1n) is 22.3. The molecule has 2 nitrogen and oxygen atoms in total. The van der Waals surface area contributed by atoms with Gasteiger partial charge in [0.05, 0.1) is 22.0 Å². The third-order valence-electron chi connectivity index (χ3n) is 8.94. The van der Waals surface area contributed by atoms with Gasteiger partial charge >= 0.3 is 0 Å². The molecule has 0 aliphatic rings. The van der Waals surface area contributed by atoms with Gasteiger partial charge in [-0.3, -0.25) is 4.57 Å². The van der Waals surface area contributed by atoms with Crippen molar-refractivity contribution in [2.45, 2.75) is 13.2 Å². The Morgan fingerprint density at radius 3 is 1.69 bits per heavy atom. The molecule has 0 radical (unpaired) electrons. The summed E-state index contributed by atoms with van der Waals surface area (Å²) in [4.78, 5) is 4.41. The molecule has 0 N–H and O–H groups in total. The number of aromatic nitrogens is 2. The summed E-state index contributed by atoms with van der Waals surface area (Å²) in [5.74, 6) is -0.249. The highest BCUT2D eigenvalue weighted by Crippen LogP contribution is 2.44. The van der Waals surface area contributed by atoms with Crippen molar-refractivity contribution in [2.75, 3.05) is 0 Å². The Morgan fingerprint density at radius 2 is 1.04 bits per heavy atom. The van der Waals surface area contributed by atoms with E-state index in [1.54, 1.807) is 54.6 Å². The minimum absolute atomic E-state index is 0.117. The van der Waals surface area contributed by atoms with Crippen LogP contribution in [0, 0.1) is 0 Å². The van der Waals surface area contributed by atoms with Crippen LogP contribution in [0.15, 0.2) is 176 Å². The van der Waals surface area contributed by atoms with Crippen molar-refractivity contribution in [1.82, 2.24) is 9.55 Å². The van der Waals surface area contributed by atoms with Gasteiger partial charge in [0, 0.05) is 18.9 Å². The molecule has 1 heterocycles. The first kappa shape index (κ1) is 18.3. The summed E-state index contributed by atoms with van der Waals surface area (Å²) in [6.07, 6.45) is -2.76. The summed E-state index contributed by atoms with van der Waals surface area (Å²) < 4.78 is 115. The molecule has 232 valence electrons. The lowest BCUT2D eigenvalue weighted by molar-refractivity contribution is 0.908. The molecule has 0 saturated heterocycles. The zero-order valence-electron chi connectivity index (χ0n) is 39.0. The fourth-order valence-electron chi connectivity index (χ4n) is 6.69. The molecule has 1 aromatic heterocycles. The largest absolute Gasteiger partial charge is 0.296 e. The fraction of sp³-hybridized carbons (Fsp3) is 0.0426. The van der Waals surface area contributed by atoms with E-state index in [1.165, 1.54) is 4.57 Å². The predicted molar refractivity (Wildman–Crippen MR) is 207 cm³/mol. The number of imidazole rings is 1. The minimum atomic E-state index is -2.98. The fourth-order valence-corrected chi connectivity index (χ4v) is 6.69. The first-order chi connectivity index (χ1) is 29.5. The van der Waals surface area contributed by atoms with Crippen LogP contribution in [0.25, 0.3) is 82.8 Å². The Kier molecular flexibility index (Phi) is 4.52. The van der Waals surface area contributed by atoms with Gasteiger partial charge in [-0.05, 0) is 96.4 Å². The zero-order valence-corrected chi connectivity index (χ0v) is 26.0. The number of hydrogen-bond acceptors (Lipinski definition) is 1. The van der Waals surface area contributed by atoms with Crippen molar-refractivity contribution < 1.29 is 17.8 Å². The Labute approximate surface area is 304 Å². The second-order valence-electron chi connectivity index (χ2n) is 11.7. The Bertz CT molecular complexity index is 3190. The van der Waals surface area contributed by atoms with Crippen molar-refractivity contribution in [3.8, 4) is 50.2 Å². The number of hydrogen-bond donors (Lipinski definition) is 0. The summed E-state index contributed by atoms with van der Waals surface area (Å²) in [7, 11) is 0. The highest BCUT2D eigenvalue weighted by molar-refractivity contribution is 6.21. The average Bonchev–Trinajstić information content (AvgIpc) is 3.68. The quantitative estimate of drug-likeness (QED) is 0.166. The van der Waals surface area contributed by atoms with Gasteiger partial charge in [-0.1, -0.05) is 152 Å². The standard InChI is InChI=1S/C47H34N2/c1-2-45-48-43-21-10-11-22-44(43)49(45)38-29-27-34(28-30-38)33-23-25-35(26-24-33)46-39-17-6-8-19-41(39)47(42-20-9-7-18-40(42)46)37-16-12-15-36(31-37)32-13-4-3-5-14-32/h3-31H,2H2,1H3/i1D3,2D2,6D,7D,8D,9D,17D,18D,19D,20D. The van der Waals surface area contributed by atoms with E-state index in [4.69, 9.17) is 12.3 Å². The monoisotopic (exact) mass is 639 g/mol. The van der Waals surface area contributed by atoms with E-state index in [-0.39, 0.29) is 62.7 Å². The molecule has 0 saturated carbocycles. The molecule has 2 heteroatoms. The molecule has 9 aromatic rings. The lowest BCUT2D eigenvalue weighted by Crippen LogP contribution is -1.99. The maximum Gasteiger partial charge on any atom is 0.114 e. The summed E-state index contributed by atoms with van der Waals surface area (Å²) in [5, 5.41) is 0.488. The first-order valence-corrected chi connectivity index (χ1v) is 15.8. The van der Waals surface area contributed by atoms with Crippen LogP contribution in [-0.2, 0) is 6.37 Å². The Balaban J connectivity index is 1.24. The van der Waals surface area contributed by atoms with Gasteiger partial charge in [0.25, 0.3) is 0 Å². The number of fused-ring (bicyclic) bond motifs is 3. The van der Waals surface area contributed by atoms with E-state index in [2.05, 4.69) is 4.98 Å². The van der Waals surface area contributed by atoms with Crippen LogP contribution in [0.1, 0.15) is 30.5 Å². The molecule has 9 rings (SSSR count). The van der Waals surface area contributed by atoms with Crippen molar-refractivity contribution >= 4 is 32.6 Å². The zero-order chi connectivity index (χ0) is 44.0. The van der Waals surface area contributed by atoms with Crippen LogP contribution >= 0.6 is 0 Å². The van der Waals surface area contributed by atoms with E-state index in [0.717, 1.165) is 22.3 Å². The van der Waals surface area contributed by atoms with E-state index >= 15 is 0 Å². The van der Waals surface area contributed by atoms with Crippen molar-refractivity contribution in [3.05, 3.63) is 182 Å². The molecule has 0 fully saturated rings. The van der Waals surface area contributed by atoms with Crippen LogP contribution in [0.5, 0.6) is 0 Å². The topological polar surface area (TPSA) is 17.8 Å². The van der Waals surface area contributed by atoms with E-state index in [0.29, 0.717) is 27.8 Å². The molecule has 8 aromatic carbocycles. The molecule has 0 atom stereocenters. The van der Waals surface area contributed by atoms with Gasteiger partial charge in [-0.15, -0.1) is 0 Å². The van der Waals surface area contributed by atoms with Crippen LogP contribution in [-0.4, -0.2) is 9.55 Å². The lowest BCUT2D eigenvalue weighted by Gasteiger charge is -2.18. The maximum atomic E-state index is 9.30. The van der Waals surface area contributed by atoms with Gasteiger partial charge in [0.1, 0.15) is 5.82 Å². The highest BCUT2D eigenvalue weighted by Gasteiger charge is 2.17. The predicted octanol–water partition coefficient (Wildman–Crippen LogP) is 12.6. The molecule has 0 aliphatic carbocycles. The van der Waals surface area contributed by atoms with Gasteiger partial charge in [0.15, 0.2) is 0 Å². The second-order valence-corrected chi connectivity index (χ2v) is 11.7. The lowest BCUT2D eigenvalue weighted by atomic mass is 9.85. The van der Waals surface area contributed by atoms with Crippen LogP contribution < -0.4 is 0 Å². The van der Waals surface area contributed by atoms with Crippen LogP contribution in [0.2, 0.25) is 0 Å².